The van der Waals surface area contributed by atoms with Gasteiger partial charge in [-0.25, -0.2) is 0 Å². The standard InChI is InChI=1S/C21H35Cl2N/c1-4-5-6-7-8-9-10-11-12-13-16-24-21(2,3)18-14-15-19(22)20(23)17-18/h14-15,17,24H,4-13,16H2,1-3H3. The largest absolute Gasteiger partial charge is 0.308 e. The van der Waals surface area contributed by atoms with E-state index in [0.717, 1.165) is 6.54 Å². The maximum absolute atomic E-state index is 6.13. The number of hydrogen-bond donors (Lipinski definition) is 1. The highest BCUT2D eigenvalue weighted by Gasteiger charge is 2.20. The van der Waals surface area contributed by atoms with E-state index in [1.165, 1.54) is 69.8 Å². The first kappa shape index (κ1) is 21.8. The van der Waals surface area contributed by atoms with Gasteiger partial charge in [0.2, 0.25) is 0 Å². The van der Waals surface area contributed by atoms with Crippen molar-refractivity contribution in [2.45, 2.75) is 90.5 Å². The lowest BCUT2D eigenvalue weighted by atomic mass is 9.94. The van der Waals surface area contributed by atoms with E-state index in [0.29, 0.717) is 10.0 Å². The van der Waals surface area contributed by atoms with Crippen molar-refractivity contribution in [2.75, 3.05) is 6.54 Å². The third kappa shape index (κ3) is 8.74. The second kappa shape index (κ2) is 12.2. The van der Waals surface area contributed by atoms with Gasteiger partial charge in [-0.2, -0.15) is 0 Å². The van der Waals surface area contributed by atoms with Gasteiger partial charge in [0.1, 0.15) is 0 Å². The quantitative estimate of drug-likeness (QED) is 0.349. The molecular weight excluding hydrogens is 337 g/mol. The molecule has 0 unspecified atom stereocenters. The summed E-state index contributed by atoms with van der Waals surface area (Å²) in [6.45, 7) is 7.71. The van der Waals surface area contributed by atoms with E-state index in [1.54, 1.807) is 0 Å². The van der Waals surface area contributed by atoms with Crippen LogP contribution in [0, 0.1) is 0 Å². The minimum absolute atomic E-state index is 0.0759. The highest BCUT2D eigenvalue weighted by Crippen LogP contribution is 2.28. The number of unbranched alkanes of at least 4 members (excludes halogenated alkanes) is 9. The van der Waals surface area contributed by atoms with Gasteiger partial charge in [0.25, 0.3) is 0 Å². The molecule has 1 aromatic rings. The second-order valence-corrected chi connectivity index (χ2v) is 8.18. The molecule has 1 rings (SSSR count). The van der Waals surface area contributed by atoms with Crippen LogP contribution >= 0.6 is 23.2 Å². The zero-order valence-corrected chi connectivity index (χ0v) is 17.3. The molecule has 0 aromatic heterocycles. The summed E-state index contributed by atoms with van der Waals surface area (Å²) in [6.07, 6.45) is 13.7. The highest BCUT2D eigenvalue weighted by atomic mass is 35.5. The van der Waals surface area contributed by atoms with E-state index in [9.17, 15) is 0 Å². The first-order valence-electron chi connectivity index (χ1n) is 9.68. The third-order valence-electron chi connectivity index (χ3n) is 4.74. The van der Waals surface area contributed by atoms with Gasteiger partial charge >= 0.3 is 0 Å². The predicted molar refractivity (Wildman–Crippen MR) is 109 cm³/mol. The Morgan fingerprint density at radius 3 is 1.88 bits per heavy atom. The minimum atomic E-state index is -0.0759. The number of hydrogen-bond acceptors (Lipinski definition) is 1. The van der Waals surface area contributed by atoms with Crippen molar-refractivity contribution < 1.29 is 0 Å². The minimum Gasteiger partial charge on any atom is -0.308 e. The molecule has 0 atom stereocenters. The maximum Gasteiger partial charge on any atom is 0.0595 e. The fourth-order valence-corrected chi connectivity index (χ4v) is 3.30. The summed E-state index contributed by atoms with van der Waals surface area (Å²) in [5.41, 5.74) is 1.11. The van der Waals surface area contributed by atoms with E-state index in [4.69, 9.17) is 23.2 Å². The first-order valence-corrected chi connectivity index (χ1v) is 10.4. The summed E-state index contributed by atoms with van der Waals surface area (Å²) in [6, 6.07) is 5.90. The van der Waals surface area contributed by atoms with Crippen LogP contribution in [-0.4, -0.2) is 6.54 Å². The third-order valence-corrected chi connectivity index (χ3v) is 5.48. The van der Waals surface area contributed by atoms with Gasteiger partial charge in [0.15, 0.2) is 0 Å². The average molecular weight is 372 g/mol. The van der Waals surface area contributed by atoms with Crippen LogP contribution in [-0.2, 0) is 5.54 Å². The Balaban J connectivity index is 2.10. The summed E-state index contributed by atoms with van der Waals surface area (Å²) < 4.78 is 0. The Labute approximate surface area is 159 Å². The smallest absolute Gasteiger partial charge is 0.0595 e. The normalized spacial score (nSPS) is 11.9. The molecule has 0 heterocycles. The molecule has 1 N–H and O–H groups in total. The number of benzene rings is 1. The van der Waals surface area contributed by atoms with Crippen molar-refractivity contribution in [1.29, 1.82) is 0 Å². The second-order valence-electron chi connectivity index (χ2n) is 7.36. The van der Waals surface area contributed by atoms with Crippen LogP contribution in [0.25, 0.3) is 0 Å². The fraction of sp³-hybridized carbons (Fsp3) is 0.714. The Morgan fingerprint density at radius 2 is 1.33 bits per heavy atom. The van der Waals surface area contributed by atoms with E-state index in [1.807, 2.05) is 12.1 Å². The lowest BCUT2D eigenvalue weighted by Crippen LogP contribution is -2.37. The monoisotopic (exact) mass is 371 g/mol. The number of nitrogens with one attached hydrogen (secondary N) is 1. The van der Waals surface area contributed by atoms with Gasteiger partial charge in [-0.3, -0.25) is 0 Å². The van der Waals surface area contributed by atoms with Gasteiger partial charge in [0.05, 0.1) is 10.0 Å². The lowest BCUT2D eigenvalue weighted by molar-refractivity contribution is 0.394. The summed E-state index contributed by atoms with van der Waals surface area (Å²) in [4.78, 5) is 0. The maximum atomic E-state index is 6.13. The summed E-state index contributed by atoms with van der Waals surface area (Å²) in [5, 5.41) is 4.89. The number of rotatable bonds is 13. The van der Waals surface area contributed by atoms with Gasteiger partial charge in [-0.1, -0.05) is 94.0 Å². The van der Waals surface area contributed by atoms with Gasteiger partial charge in [0, 0.05) is 5.54 Å². The predicted octanol–water partition coefficient (Wildman–Crippen LogP) is 7.74. The molecule has 1 nitrogen and oxygen atoms in total. The molecule has 0 amide bonds. The molecule has 0 bridgehead atoms. The molecule has 0 aliphatic carbocycles. The Bertz CT molecular complexity index is 457. The molecule has 1 aromatic carbocycles. The summed E-state index contributed by atoms with van der Waals surface area (Å²) in [5.74, 6) is 0. The van der Waals surface area contributed by atoms with E-state index < -0.39 is 0 Å². The summed E-state index contributed by atoms with van der Waals surface area (Å²) >= 11 is 12.1. The molecule has 0 aliphatic heterocycles. The van der Waals surface area contributed by atoms with Crippen LogP contribution in [0.5, 0.6) is 0 Å². The first-order chi connectivity index (χ1) is 11.5. The van der Waals surface area contributed by atoms with E-state index >= 15 is 0 Å². The zero-order chi connectivity index (χ0) is 17.8. The Kier molecular flexibility index (Phi) is 11.1. The van der Waals surface area contributed by atoms with Crippen molar-refractivity contribution >= 4 is 23.2 Å². The molecule has 0 aliphatic rings. The van der Waals surface area contributed by atoms with Gasteiger partial charge in [-0.05, 0) is 44.5 Å². The van der Waals surface area contributed by atoms with Crippen LogP contribution in [0.15, 0.2) is 18.2 Å². The number of halogens is 2. The fourth-order valence-electron chi connectivity index (χ4n) is 3.00. The van der Waals surface area contributed by atoms with E-state index in [-0.39, 0.29) is 5.54 Å². The van der Waals surface area contributed by atoms with Crippen molar-refractivity contribution in [3.8, 4) is 0 Å². The molecule has 0 saturated carbocycles. The van der Waals surface area contributed by atoms with E-state index in [2.05, 4.69) is 32.2 Å². The molecule has 0 radical (unpaired) electrons. The molecule has 3 heteroatoms. The molecule has 0 saturated heterocycles. The lowest BCUT2D eigenvalue weighted by Gasteiger charge is -2.27. The SMILES string of the molecule is CCCCCCCCCCCCNC(C)(C)c1ccc(Cl)c(Cl)c1. The summed E-state index contributed by atoms with van der Waals surface area (Å²) in [7, 11) is 0. The van der Waals surface area contributed by atoms with Crippen molar-refractivity contribution in [1.82, 2.24) is 5.32 Å². The van der Waals surface area contributed by atoms with Crippen LogP contribution in [0.1, 0.15) is 90.5 Å². The van der Waals surface area contributed by atoms with Gasteiger partial charge < -0.3 is 5.32 Å². The molecule has 0 fully saturated rings. The average Bonchev–Trinajstić information content (AvgIpc) is 2.55. The Morgan fingerprint density at radius 1 is 0.792 bits per heavy atom. The molecule has 0 spiro atoms. The van der Waals surface area contributed by atoms with Gasteiger partial charge in [-0.15, -0.1) is 0 Å². The van der Waals surface area contributed by atoms with Crippen molar-refractivity contribution in [3.63, 3.8) is 0 Å². The van der Waals surface area contributed by atoms with Crippen LogP contribution in [0.3, 0.4) is 0 Å². The van der Waals surface area contributed by atoms with Crippen LogP contribution < -0.4 is 5.32 Å². The molecule has 138 valence electrons. The zero-order valence-electron chi connectivity index (χ0n) is 15.8. The van der Waals surface area contributed by atoms with Crippen molar-refractivity contribution in [3.05, 3.63) is 33.8 Å². The van der Waals surface area contributed by atoms with Crippen molar-refractivity contribution in [2.24, 2.45) is 0 Å². The van der Waals surface area contributed by atoms with Crippen LogP contribution in [0.2, 0.25) is 10.0 Å². The highest BCUT2D eigenvalue weighted by molar-refractivity contribution is 6.42. The Hall–Kier alpha value is -0.240. The topological polar surface area (TPSA) is 12.0 Å². The molecule has 24 heavy (non-hydrogen) atoms. The molecular formula is C21H35Cl2N. The van der Waals surface area contributed by atoms with Crippen LogP contribution in [0.4, 0.5) is 0 Å².